The molecule has 1 fully saturated rings. The third-order valence-corrected chi connectivity index (χ3v) is 5.39. The fourth-order valence-corrected chi connectivity index (χ4v) is 3.79. The van der Waals surface area contributed by atoms with Crippen LogP contribution in [0.3, 0.4) is 0 Å². The van der Waals surface area contributed by atoms with E-state index in [1.165, 1.54) is 4.57 Å². The Morgan fingerprint density at radius 2 is 1.58 bits per heavy atom. The Morgan fingerprint density at radius 1 is 0.935 bits per heavy atom. The van der Waals surface area contributed by atoms with Gasteiger partial charge in [0.2, 0.25) is 5.91 Å². The number of nitrogens with zero attached hydrogens (tertiary/aromatic N) is 4. The summed E-state index contributed by atoms with van der Waals surface area (Å²) in [6, 6.07) is 17.0. The highest BCUT2D eigenvalue weighted by atomic mass is 16.6. The van der Waals surface area contributed by atoms with Crippen molar-refractivity contribution in [1.82, 2.24) is 19.4 Å². The van der Waals surface area contributed by atoms with Crippen molar-refractivity contribution in [3.63, 3.8) is 0 Å². The Labute approximate surface area is 179 Å². The summed E-state index contributed by atoms with van der Waals surface area (Å²) in [5.74, 6) is -0.176. The number of carbonyl (C=O) groups is 2. The van der Waals surface area contributed by atoms with Gasteiger partial charge in [0.15, 0.2) is 0 Å². The van der Waals surface area contributed by atoms with Crippen LogP contribution >= 0.6 is 0 Å². The molecular weight excluding hydrogens is 396 g/mol. The zero-order valence-corrected chi connectivity index (χ0v) is 17.4. The van der Waals surface area contributed by atoms with E-state index >= 15 is 0 Å². The normalized spacial score (nSPS) is 14.0. The van der Waals surface area contributed by atoms with E-state index in [-0.39, 0.29) is 18.5 Å². The quantitative estimate of drug-likeness (QED) is 0.647. The van der Waals surface area contributed by atoms with Crippen LogP contribution < -0.4 is 5.69 Å². The number of hydrogen-bond donors (Lipinski definition) is 0. The molecule has 2 heterocycles. The summed E-state index contributed by atoms with van der Waals surface area (Å²) in [5, 5.41) is 0.813. The maximum Gasteiger partial charge on any atom is 0.409 e. The first kappa shape index (κ1) is 20.6. The van der Waals surface area contributed by atoms with E-state index in [4.69, 9.17) is 4.74 Å². The van der Waals surface area contributed by atoms with Crippen LogP contribution in [0.15, 0.2) is 59.4 Å². The van der Waals surface area contributed by atoms with E-state index in [0.717, 1.165) is 10.9 Å². The summed E-state index contributed by atoms with van der Waals surface area (Å²) in [6.45, 7) is 3.61. The van der Waals surface area contributed by atoms with E-state index in [2.05, 4.69) is 4.98 Å². The number of piperazine rings is 1. The number of aromatic nitrogens is 2. The maximum absolute atomic E-state index is 12.9. The van der Waals surface area contributed by atoms with E-state index in [1.54, 1.807) is 16.7 Å². The summed E-state index contributed by atoms with van der Waals surface area (Å²) in [6.07, 6.45) is -0.363. The van der Waals surface area contributed by atoms with Crippen molar-refractivity contribution in [3.8, 4) is 11.3 Å². The van der Waals surface area contributed by atoms with Crippen molar-refractivity contribution in [3.05, 3.63) is 65.1 Å². The average molecular weight is 420 g/mol. The Hall–Kier alpha value is -3.68. The lowest BCUT2D eigenvalue weighted by Gasteiger charge is -2.34. The lowest BCUT2D eigenvalue weighted by Crippen LogP contribution is -2.51. The maximum atomic E-state index is 12.9. The first-order valence-electron chi connectivity index (χ1n) is 10.3. The van der Waals surface area contributed by atoms with Crippen molar-refractivity contribution in [1.29, 1.82) is 0 Å². The predicted molar refractivity (Wildman–Crippen MR) is 117 cm³/mol. The fraction of sp³-hybridized carbons (Fsp3) is 0.304. The molecule has 8 nitrogen and oxygen atoms in total. The highest BCUT2D eigenvalue weighted by Gasteiger charge is 2.25. The molecule has 1 aliphatic heterocycles. The zero-order chi connectivity index (χ0) is 21.8. The van der Waals surface area contributed by atoms with Crippen LogP contribution in [0.4, 0.5) is 4.79 Å². The zero-order valence-electron chi connectivity index (χ0n) is 17.4. The van der Waals surface area contributed by atoms with E-state index < -0.39 is 5.69 Å². The number of fused-ring (bicyclic) bond motifs is 1. The second-order valence-electron chi connectivity index (χ2n) is 7.28. The molecule has 0 saturated carbocycles. The third kappa shape index (κ3) is 4.28. The second-order valence-corrected chi connectivity index (χ2v) is 7.28. The molecule has 0 aliphatic carbocycles. The third-order valence-electron chi connectivity index (χ3n) is 5.39. The predicted octanol–water partition coefficient (Wildman–Crippen LogP) is 2.36. The highest BCUT2D eigenvalue weighted by molar-refractivity contribution is 5.93. The van der Waals surface area contributed by atoms with Crippen LogP contribution in [0, 0.1) is 0 Å². The van der Waals surface area contributed by atoms with Gasteiger partial charge < -0.3 is 14.5 Å². The molecule has 0 N–H and O–H groups in total. The van der Waals surface area contributed by atoms with Gasteiger partial charge in [-0.15, -0.1) is 0 Å². The Balaban J connectivity index is 1.57. The fourth-order valence-electron chi connectivity index (χ4n) is 3.79. The Bertz CT molecular complexity index is 1150. The standard InChI is InChI=1S/C23H24N4O4/c1-2-31-23(30)26-14-12-25(13-15-26)20(28)16-27-19-11-7-6-10-18(19)21(24-22(27)29)17-8-4-3-5-9-17/h3-11H,2,12-16H2,1H3. The molecule has 4 rings (SSSR count). The number of rotatable bonds is 4. The molecule has 2 amide bonds. The van der Waals surface area contributed by atoms with Gasteiger partial charge in [0.1, 0.15) is 6.54 Å². The summed E-state index contributed by atoms with van der Waals surface area (Å²) in [5.41, 5.74) is 1.66. The van der Waals surface area contributed by atoms with Gasteiger partial charge in [-0.2, -0.15) is 4.98 Å². The van der Waals surface area contributed by atoms with Gasteiger partial charge in [-0.3, -0.25) is 9.36 Å². The smallest absolute Gasteiger partial charge is 0.409 e. The molecule has 3 aromatic rings. The van der Waals surface area contributed by atoms with Gasteiger partial charge in [-0.1, -0.05) is 48.5 Å². The van der Waals surface area contributed by atoms with Crippen LogP contribution in [0.2, 0.25) is 0 Å². The number of hydrogen-bond acceptors (Lipinski definition) is 5. The molecule has 1 aliphatic rings. The van der Waals surface area contributed by atoms with Gasteiger partial charge in [-0.25, -0.2) is 9.59 Å². The molecule has 0 spiro atoms. The second kappa shape index (κ2) is 8.99. The van der Waals surface area contributed by atoms with Gasteiger partial charge in [0, 0.05) is 37.1 Å². The minimum Gasteiger partial charge on any atom is -0.450 e. The van der Waals surface area contributed by atoms with Crippen molar-refractivity contribution in [2.45, 2.75) is 13.5 Å². The molecular formula is C23H24N4O4. The van der Waals surface area contributed by atoms with E-state index in [9.17, 15) is 14.4 Å². The van der Waals surface area contributed by atoms with Crippen LogP contribution in [0.1, 0.15) is 6.92 Å². The van der Waals surface area contributed by atoms with Crippen molar-refractivity contribution >= 4 is 22.9 Å². The highest BCUT2D eigenvalue weighted by Crippen LogP contribution is 2.25. The first-order valence-corrected chi connectivity index (χ1v) is 10.3. The molecule has 1 aromatic heterocycles. The Morgan fingerprint density at radius 3 is 2.29 bits per heavy atom. The lowest BCUT2D eigenvalue weighted by molar-refractivity contribution is -0.133. The van der Waals surface area contributed by atoms with Crippen LogP contribution in [0.5, 0.6) is 0 Å². The molecule has 0 bridgehead atoms. The number of amides is 2. The molecule has 8 heteroatoms. The lowest BCUT2D eigenvalue weighted by atomic mass is 10.1. The number of benzene rings is 2. The molecule has 0 atom stereocenters. The van der Waals surface area contributed by atoms with Gasteiger partial charge in [0.25, 0.3) is 0 Å². The van der Waals surface area contributed by atoms with E-state index in [0.29, 0.717) is 44.0 Å². The average Bonchev–Trinajstić information content (AvgIpc) is 2.81. The van der Waals surface area contributed by atoms with Crippen molar-refractivity contribution in [2.75, 3.05) is 32.8 Å². The first-order chi connectivity index (χ1) is 15.1. The minimum absolute atomic E-state index is 0.0964. The van der Waals surface area contributed by atoms with Crippen molar-refractivity contribution < 1.29 is 14.3 Å². The molecule has 160 valence electrons. The summed E-state index contributed by atoms with van der Waals surface area (Å²) in [7, 11) is 0. The minimum atomic E-state index is -0.462. The van der Waals surface area contributed by atoms with E-state index in [1.807, 2.05) is 54.6 Å². The van der Waals surface area contributed by atoms with Crippen LogP contribution in [0.25, 0.3) is 22.2 Å². The topological polar surface area (TPSA) is 84.7 Å². The molecule has 0 radical (unpaired) electrons. The van der Waals surface area contributed by atoms with Gasteiger partial charge in [0.05, 0.1) is 17.8 Å². The molecule has 1 saturated heterocycles. The number of carbonyl (C=O) groups excluding carboxylic acids is 2. The summed E-state index contributed by atoms with van der Waals surface area (Å²) >= 11 is 0. The van der Waals surface area contributed by atoms with Crippen molar-refractivity contribution in [2.24, 2.45) is 0 Å². The summed E-state index contributed by atoms with van der Waals surface area (Å²) in [4.78, 5) is 45.2. The summed E-state index contributed by atoms with van der Waals surface area (Å²) < 4.78 is 6.43. The van der Waals surface area contributed by atoms with Gasteiger partial charge in [-0.05, 0) is 13.0 Å². The number of ether oxygens (including phenoxy) is 1. The van der Waals surface area contributed by atoms with Crippen LogP contribution in [-0.4, -0.2) is 64.1 Å². The molecule has 0 unspecified atom stereocenters. The number of para-hydroxylation sites is 1. The monoisotopic (exact) mass is 420 g/mol. The largest absolute Gasteiger partial charge is 0.450 e. The SMILES string of the molecule is CCOC(=O)N1CCN(C(=O)Cn2c(=O)nc(-c3ccccc3)c3ccccc32)CC1. The van der Waals surface area contributed by atoms with Gasteiger partial charge >= 0.3 is 11.8 Å². The molecule has 31 heavy (non-hydrogen) atoms. The van der Waals surface area contributed by atoms with Crippen LogP contribution in [-0.2, 0) is 16.1 Å². The molecule has 2 aromatic carbocycles. The Kier molecular flexibility index (Phi) is 5.97.